The molecule has 0 bridgehead atoms. The molecule has 0 heterocycles. The molecule has 1 aromatic carbocycles. The number of anilines is 1. The van der Waals surface area contributed by atoms with E-state index in [9.17, 15) is 15.0 Å². The van der Waals surface area contributed by atoms with Crippen LogP contribution in [0.25, 0.3) is 0 Å². The fraction of sp³-hybridized carbons (Fsp3) is 0.364. The summed E-state index contributed by atoms with van der Waals surface area (Å²) in [5, 5.41) is 31.1. The molecule has 6 heteroatoms. The van der Waals surface area contributed by atoms with Crippen molar-refractivity contribution in [2.75, 3.05) is 19.3 Å². The molecule has 0 aromatic heterocycles. The Hall–Kier alpha value is -1.63. The Balaban J connectivity index is 3.08. The molecule has 6 nitrogen and oxygen atoms in total. The van der Waals surface area contributed by atoms with E-state index in [1.54, 1.807) is 7.05 Å². The number of rotatable bonds is 5. The van der Waals surface area contributed by atoms with Crippen molar-refractivity contribution in [1.82, 2.24) is 5.32 Å². The van der Waals surface area contributed by atoms with E-state index < -0.39 is 18.2 Å². The molecule has 0 spiro atoms. The van der Waals surface area contributed by atoms with Crippen LogP contribution in [0.2, 0.25) is 0 Å². The number of nitrogen functional groups attached to an aromatic ring is 1. The van der Waals surface area contributed by atoms with Crippen LogP contribution in [0, 0.1) is 0 Å². The van der Waals surface area contributed by atoms with Crippen molar-refractivity contribution in [2.45, 2.75) is 12.2 Å². The predicted molar refractivity (Wildman–Crippen MR) is 62.7 cm³/mol. The molecule has 0 fully saturated rings. The summed E-state index contributed by atoms with van der Waals surface area (Å²) in [4.78, 5) is 11.0. The minimum Gasteiger partial charge on any atom is -0.478 e. The highest BCUT2D eigenvalue weighted by molar-refractivity contribution is 5.90. The van der Waals surface area contributed by atoms with Crippen LogP contribution in [0.15, 0.2) is 18.2 Å². The lowest BCUT2D eigenvalue weighted by molar-refractivity contribution is 0.0192. The number of nitrogens with one attached hydrogen (secondary N) is 1. The van der Waals surface area contributed by atoms with Crippen molar-refractivity contribution in [3.63, 3.8) is 0 Å². The van der Waals surface area contributed by atoms with Crippen LogP contribution >= 0.6 is 0 Å². The van der Waals surface area contributed by atoms with Gasteiger partial charge in [0.2, 0.25) is 0 Å². The monoisotopic (exact) mass is 240 g/mol. The Kier molecular flexibility index (Phi) is 4.45. The van der Waals surface area contributed by atoms with Gasteiger partial charge in [0.15, 0.2) is 0 Å². The summed E-state index contributed by atoms with van der Waals surface area (Å²) in [5.74, 6) is -1.19. The van der Waals surface area contributed by atoms with Crippen molar-refractivity contribution in [3.8, 4) is 0 Å². The molecule has 0 aliphatic heterocycles. The summed E-state index contributed by atoms with van der Waals surface area (Å²) in [5.41, 5.74) is 5.82. The molecule has 0 aliphatic rings. The van der Waals surface area contributed by atoms with Crippen molar-refractivity contribution in [3.05, 3.63) is 29.3 Å². The largest absolute Gasteiger partial charge is 0.478 e. The van der Waals surface area contributed by atoms with Crippen molar-refractivity contribution in [1.29, 1.82) is 0 Å². The third kappa shape index (κ3) is 3.16. The van der Waals surface area contributed by atoms with E-state index in [-0.39, 0.29) is 17.7 Å². The minimum absolute atomic E-state index is 0.104. The molecule has 0 amide bonds. The highest BCUT2D eigenvalue weighted by Gasteiger charge is 2.23. The van der Waals surface area contributed by atoms with Gasteiger partial charge in [0.1, 0.15) is 6.10 Å². The van der Waals surface area contributed by atoms with E-state index in [2.05, 4.69) is 5.32 Å². The predicted octanol–water partition coefficient (Wildman–Crippen LogP) is -0.419. The van der Waals surface area contributed by atoms with Crippen molar-refractivity contribution >= 4 is 11.7 Å². The molecule has 0 aliphatic carbocycles. The number of aliphatic hydroxyl groups is 2. The molecule has 0 saturated carbocycles. The maximum absolute atomic E-state index is 11.0. The Morgan fingerprint density at radius 3 is 2.65 bits per heavy atom. The SMILES string of the molecule is CNCC(O)C(O)c1ccc(N)cc1C(=O)O. The van der Waals surface area contributed by atoms with E-state index >= 15 is 0 Å². The topological polar surface area (TPSA) is 116 Å². The van der Waals surface area contributed by atoms with Gasteiger partial charge in [-0.25, -0.2) is 4.79 Å². The minimum atomic E-state index is -1.27. The second kappa shape index (κ2) is 5.62. The van der Waals surface area contributed by atoms with E-state index in [4.69, 9.17) is 10.8 Å². The first-order valence-corrected chi connectivity index (χ1v) is 5.10. The summed E-state index contributed by atoms with van der Waals surface area (Å²) in [6, 6.07) is 4.15. The van der Waals surface area contributed by atoms with Crippen LogP contribution in [0.3, 0.4) is 0 Å². The van der Waals surface area contributed by atoms with E-state index in [0.29, 0.717) is 5.69 Å². The first-order chi connectivity index (χ1) is 7.97. The van der Waals surface area contributed by atoms with Gasteiger partial charge in [-0.1, -0.05) is 6.07 Å². The summed E-state index contributed by atoms with van der Waals surface area (Å²) in [6.45, 7) is 0.157. The molecule has 0 saturated heterocycles. The second-order valence-electron chi connectivity index (χ2n) is 3.72. The number of aromatic carboxylic acids is 1. The Bertz CT molecular complexity index is 408. The van der Waals surface area contributed by atoms with Crippen LogP contribution in [-0.4, -0.2) is 41.0 Å². The van der Waals surface area contributed by atoms with Gasteiger partial charge in [-0.05, 0) is 24.7 Å². The molecule has 1 aromatic rings. The standard InChI is InChI=1S/C11H16N2O4/c1-13-5-9(14)10(15)7-3-2-6(12)4-8(7)11(16)17/h2-4,9-10,13-15H,5,12H2,1H3,(H,16,17). The summed E-state index contributed by atoms with van der Waals surface area (Å²) in [6.07, 6.45) is -2.35. The Labute approximate surface area is 98.7 Å². The number of hydrogen-bond acceptors (Lipinski definition) is 5. The number of hydrogen-bond donors (Lipinski definition) is 5. The lowest BCUT2D eigenvalue weighted by Crippen LogP contribution is -2.30. The zero-order valence-corrected chi connectivity index (χ0v) is 9.42. The average molecular weight is 240 g/mol. The number of likely N-dealkylation sites (N-methyl/N-ethyl adjacent to an activating group) is 1. The summed E-state index contributed by atoms with van der Waals surface area (Å²) >= 11 is 0. The lowest BCUT2D eigenvalue weighted by atomic mass is 9.98. The van der Waals surface area contributed by atoms with E-state index in [1.807, 2.05) is 0 Å². The van der Waals surface area contributed by atoms with Gasteiger partial charge in [0.25, 0.3) is 0 Å². The van der Waals surface area contributed by atoms with Crippen LogP contribution in [0.5, 0.6) is 0 Å². The molecule has 2 atom stereocenters. The molecule has 1 rings (SSSR count). The van der Waals surface area contributed by atoms with Crippen LogP contribution in [0.1, 0.15) is 22.0 Å². The van der Waals surface area contributed by atoms with Gasteiger partial charge < -0.3 is 26.4 Å². The van der Waals surface area contributed by atoms with Crippen LogP contribution in [0.4, 0.5) is 5.69 Å². The summed E-state index contributed by atoms with van der Waals surface area (Å²) < 4.78 is 0. The second-order valence-corrected chi connectivity index (χ2v) is 3.72. The highest BCUT2D eigenvalue weighted by Crippen LogP contribution is 2.23. The van der Waals surface area contributed by atoms with Gasteiger partial charge in [-0.2, -0.15) is 0 Å². The van der Waals surface area contributed by atoms with Crippen molar-refractivity contribution < 1.29 is 20.1 Å². The smallest absolute Gasteiger partial charge is 0.336 e. The lowest BCUT2D eigenvalue weighted by Gasteiger charge is -2.19. The molecule has 94 valence electrons. The van der Waals surface area contributed by atoms with E-state index in [0.717, 1.165) is 0 Å². The number of carbonyl (C=O) groups is 1. The molecule has 0 radical (unpaired) electrons. The third-order valence-corrected chi connectivity index (χ3v) is 2.40. The summed E-state index contributed by atoms with van der Waals surface area (Å²) in [7, 11) is 1.62. The van der Waals surface area contributed by atoms with Crippen LogP contribution < -0.4 is 11.1 Å². The highest BCUT2D eigenvalue weighted by atomic mass is 16.4. The van der Waals surface area contributed by atoms with Gasteiger partial charge in [-0.15, -0.1) is 0 Å². The number of benzene rings is 1. The van der Waals surface area contributed by atoms with E-state index in [1.165, 1.54) is 18.2 Å². The number of aliphatic hydroxyl groups excluding tert-OH is 2. The molecule has 17 heavy (non-hydrogen) atoms. The van der Waals surface area contributed by atoms with Crippen LogP contribution in [-0.2, 0) is 0 Å². The van der Waals surface area contributed by atoms with Gasteiger partial charge in [0.05, 0.1) is 11.7 Å². The zero-order valence-electron chi connectivity index (χ0n) is 9.42. The first kappa shape index (κ1) is 13.4. The molecule has 6 N–H and O–H groups in total. The third-order valence-electron chi connectivity index (χ3n) is 2.40. The number of carboxylic acid groups (broad SMARTS) is 1. The quantitative estimate of drug-likeness (QED) is 0.446. The van der Waals surface area contributed by atoms with Gasteiger partial charge in [-0.3, -0.25) is 0 Å². The number of nitrogens with two attached hydrogens (primary N) is 1. The molecule has 2 unspecified atom stereocenters. The van der Waals surface area contributed by atoms with Crippen molar-refractivity contribution in [2.24, 2.45) is 0 Å². The maximum Gasteiger partial charge on any atom is 0.336 e. The Morgan fingerprint density at radius 2 is 2.12 bits per heavy atom. The fourth-order valence-corrected chi connectivity index (χ4v) is 1.55. The fourth-order valence-electron chi connectivity index (χ4n) is 1.55. The molecular formula is C11H16N2O4. The van der Waals surface area contributed by atoms with Gasteiger partial charge in [0, 0.05) is 12.2 Å². The first-order valence-electron chi connectivity index (χ1n) is 5.10. The normalized spacial score (nSPS) is 14.3. The average Bonchev–Trinajstić information content (AvgIpc) is 2.28. The molecular weight excluding hydrogens is 224 g/mol. The number of carboxylic acids is 1. The van der Waals surface area contributed by atoms with Gasteiger partial charge >= 0.3 is 5.97 Å². The zero-order chi connectivity index (χ0) is 13.0. The Morgan fingerprint density at radius 1 is 1.47 bits per heavy atom. The maximum atomic E-state index is 11.0.